The van der Waals surface area contributed by atoms with Crippen LogP contribution in [-0.2, 0) is 0 Å². The average Bonchev–Trinajstić information content (AvgIpc) is 2.31. The summed E-state index contributed by atoms with van der Waals surface area (Å²) in [6.45, 7) is 0. The Kier molecular flexibility index (Phi) is 3.00. The van der Waals surface area contributed by atoms with E-state index in [2.05, 4.69) is 20.3 Å². The predicted octanol–water partition coefficient (Wildman–Crippen LogP) is 0.435. The molecule has 8 heteroatoms. The third-order valence-corrected chi connectivity index (χ3v) is 1.97. The Labute approximate surface area is 101 Å². The van der Waals surface area contributed by atoms with E-state index in [1.165, 1.54) is 24.3 Å². The fourth-order valence-corrected chi connectivity index (χ4v) is 1.22. The van der Waals surface area contributed by atoms with Crippen molar-refractivity contribution >= 4 is 23.5 Å². The summed E-state index contributed by atoms with van der Waals surface area (Å²) in [6.07, 6.45) is 0. The van der Waals surface area contributed by atoms with Gasteiger partial charge in [-0.15, -0.1) is 0 Å². The average molecular weight is 248 g/mol. The molecule has 18 heavy (non-hydrogen) atoms. The van der Waals surface area contributed by atoms with E-state index in [0.29, 0.717) is 5.69 Å². The Morgan fingerprint density at radius 2 is 1.83 bits per heavy atom. The summed E-state index contributed by atoms with van der Waals surface area (Å²) in [7, 11) is 0. The number of amides is 1. The highest BCUT2D eigenvalue weighted by Crippen LogP contribution is 2.13. The topological polar surface area (TPSA) is 120 Å². The van der Waals surface area contributed by atoms with Crippen molar-refractivity contribution in [3.63, 3.8) is 0 Å². The first kappa shape index (κ1) is 11.7. The first-order chi connectivity index (χ1) is 8.54. The molecule has 0 aliphatic rings. The van der Waals surface area contributed by atoms with E-state index >= 15 is 0 Å². The summed E-state index contributed by atoms with van der Waals surface area (Å²) in [4.78, 5) is 22.1. The van der Waals surface area contributed by atoms with E-state index in [1.807, 2.05) is 0 Å². The molecule has 2 aromatic rings. The molecule has 0 fully saturated rings. The zero-order chi connectivity index (χ0) is 13.1. The molecule has 0 spiro atoms. The minimum Gasteiger partial charge on any atom is -0.368 e. The van der Waals surface area contributed by atoms with Gasteiger partial charge in [0.2, 0.25) is 17.7 Å². The number of hydrogen-bond acceptors (Lipinski definition) is 6. The van der Waals surface area contributed by atoms with Crippen LogP contribution in [0.1, 0.15) is 10.6 Å². The lowest BCUT2D eigenvalue weighted by Crippen LogP contribution is -2.18. The van der Waals surface area contributed by atoms with Crippen molar-refractivity contribution in [1.82, 2.24) is 15.0 Å². The fourth-order valence-electron chi connectivity index (χ4n) is 1.22. The summed E-state index contributed by atoms with van der Waals surface area (Å²) in [5.74, 6) is -1.50. The highest BCUT2D eigenvalue weighted by molar-refractivity contribution is 5.89. The molecule has 2 rings (SSSR count). The van der Waals surface area contributed by atoms with Gasteiger partial charge in [0, 0.05) is 5.69 Å². The minimum atomic E-state index is -0.814. The normalized spacial score (nSPS) is 10.1. The van der Waals surface area contributed by atoms with E-state index in [-0.39, 0.29) is 23.5 Å². The maximum absolute atomic E-state index is 12.7. The lowest BCUT2D eigenvalue weighted by atomic mass is 10.3. The van der Waals surface area contributed by atoms with Crippen LogP contribution in [0.3, 0.4) is 0 Å². The van der Waals surface area contributed by atoms with Crippen LogP contribution in [0.25, 0.3) is 0 Å². The van der Waals surface area contributed by atoms with Crippen LogP contribution in [0, 0.1) is 5.82 Å². The number of nitrogen functional groups attached to an aromatic ring is 1. The summed E-state index contributed by atoms with van der Waals surface area (Å²) in [5, 5.41) is 2.75. The number of primary amides is 1. The van der Waals surface area contributed by atoms with Crippen LogP contribution in [0.2, 0.25) is 0 Å². The number of hydrogen-bond donors (Lipinski definition) is 3. The molecular formula is C10H9FN6O. The fraction of sp³-hybridized carbons (Fsp3) is 0. The Balaban J connectivity index is 2.28. The lowest BCUT2D eigenvalue weighted by molar-refractivity contribution is 0.0990. The molecule has 0 saturated carbocycles. The Morgan fingerprint density at radius 3 is 2.44 bits per heavy atom. The predicted molar refractivity (Wildman–Crippen MR) is 62.4 cm³/mol. The Bertz CT molecular complexity index is 585. The zero-order valence-corrected chi connectivity index (χ0v) is 9.09. The van der Waals surface area contributed by atoms with E-state index in [4.69, 9.17) is 11.5 Å². The van der Waals surface area contributed by atoms with Crippen LogP contribution in [-0.4, -0.2) is 20.9 Å². The molecule has 0 bridgehead atoms. The number of benzene rings is 1. The molecule has 1 amide bonds. The molecule has 0 aliphatic carbocycles. The van der Waals surface area contributed by atoms with Gasteiger partial charge in [-0.05, 0) is 24.3 Å². The molecule has 7 nitrogen and oxygen atoms in total. The second kappa shape index (κ2) is 4.62. The van der Waals surface area contributed by atoms with Crippen LogP contribution >= 0.6 is 0 Å². The number of halogens is 1. The van der Waals surface area contributed by atoms with Crippen molar-refractivity contribution in [1.29, 1.82) is 0 Å². The van der Waals surface area contributed by atoms with Gasteiger partial charge in [-0.2, -0.15) is 15.0 Å². The number of rotatable bonds is 3. The quantitative estimate of drug-likeness (QED) is 0.724. The van der Waals surface area contributed by atoms with Gasteiger partial charge in [0.25, 0.3) is 5.91 Å². The van der Waals surface area contributed by atoms with Gasteiger partial charge in [-0.3, -0.25) is 4.79 Å². The summed E-state index contributed by atoms with van der Waals surface area (Å²) in [5.41, 5.74) is 11.0. The number of nitrogens with zero attached hydrogens (tertiary/aromatic N) is 3. The molecule has 92 valence electrons. The van der Waals surface area contributed by atoms with Crippen LogP contribution in [0.5, 0.6) is 0 Å². The molecule has 1 aromatic heterocycles. The monoisotopic (exact) mass is 248 g/mol. The zero-order valence-electron chi connectivity index (χ0n) is 9.09. The van der Waals surface area contributed by atoms with Crippen molar-refractivity contribution in [3.8, 4) is 0 Å². The van der Waals surface area contributed by atoms with Crippen LogP contribution in [0.4, 0.5) is 22.0 Å². The molecule has 0 radical (unpaired) electrons. The van der Waals surface area contributed by atoms with E-state index in [0.717, 1.165) is 0 Å². The van der Waals surface area contributed by atoms with Crippen LogP contribution < -0.4 is 16.8 Å². The minimum absolute atomic E-state index is 0.0582. The molecule has 1 aromatic carbocycles. The lowest BCUT2D eigenvalue weighted by Gasteiger charge is -2.05. The van der Waals surface area contributed by atoms with Crippen LogP contribution in [0.15, 0.2) is 24.3 Å². The molecular weight excluding hydrogens is 239 g/mol. The van der Waals surface area contributed by atoms with Crippen molar-refractivity contribution in [3.05, 3.63) is 35.9 Å². The van der Waals surface area contributed by atoms with Gasteiger partial charge in [0.05, 0.1) is 0 Å². The maximum atomic E-state index is 12.7. The Hall–Kier alpha value is -2.77. The molecule has 1 heterocycles. The summed E-state index contributed by atoms with van der Waals surface area (Å²) >= 11 is 0. The second-order valence-corrected chi connectivity index (χ2v) is 3.34. The summed E-state index contributed by atoms with van der Waals surface area (Å²) < 4.78 is 12.7. The first-order valence-electron chi connectivity index (χ1n) is 4.88. The van der Waals surface area contributed by atoms with Gasteiger partial charge in [0.15, 0.2) is 0 Å². The van der Waals surface area contributed by atoms with Crippen molar-refractivity contribution < 1.29 is 9.18 Å². The molecule has 0 saturated heterocycles. The Morgan fingerprint density at radius 1 is 1.17 bits per heavy atom. The van der Waals surface area contributed by atoms with Gasteiger partial charge >= 0.3 is 0 Å². The van der Waals surface area contributed by atoms with E-state index in [1.54, 1.807) is 0 Å². The third-order valence-electron chi connectivity index (χ3n) is 1.97. The number of anilines is 3. The van der Waals surface area contributed by atoms with Crippen molar-refractivity contribution in [2.24, 2.45) is 5.73 Å². The number of nitrogens with two attached hydrogens (primary N) is 2. The van der Waals surface area contributed by atoms with Gasteiger partial charge in [0.1, 0.15) is 5.82 Å². The molecule has 0 unspecified atom stereocenters. The molecule has 0 atom stereocenters. The van der Waals surface area contributed by atoms with E-state index < -0.39 is 5.91 Å². The highest BCUT2D eigenvalue weighted by Gasteiger charge is 2.09. The van der Waals surface area contributed by atoms with Gasteiger partial charge in [-0.1, -0.05) is 0 Å². The maximum Gasteiger partial charge on any atom is 0.286 e. The second-order valence-electron chi connectivity index (χ2n) is 3.34. The third kappa shape index (κ3) is 2.67. The number of carbonyl (C=O) groups excluding carboxylic acids is 1. The largest absolute Gasteiger partial charge is 0.368 e. The van der Waals surface area contributed by atoms with Crippen molar-refractivity contribution in [2.75, 3.05) is 11.1 Å². The SMILES string of the molecule is NC(=O)c1nc(N)nc(Nc2ccc(F)cc2)n1. The standard InChI is InChI=1S/C10H9FN6O/c11-5-1-3-6(4-2-5)14-10-16-8(7(12)18)15-9(13)17-10/h1-4H,(H2,12,18)(H3,13,14,15,16,17). The highest BCUT2D eigenvalue weighted by atomic mass is 19.1. The number of aromatic nitrogens is 3. The summed E-state index contributed by atoms with van der Waals surface area (Å²) in [6, 6.07) is 5.50. The van der Waals surface area contributed by atoms with Crippen molar-refractivity contribution in [2.45, 2.75) is 0 Å². The molecule has 0 aliphatic heterocycles. The molecule has 5 N–H and O–H groups in total. The van der Waals surface area contributed by atoms with Gasteiger partial charge < -0.3 is 16.8 Å². The van der Waals surface area contributed by atoms with E-state index in [9.17, 15) is 9.18 Å². The number of nitrogens with one attached hydrogen (secondary N) is 1. The number of carbonyl (C=O) groups is 1. The van der Waals surface area contributed by atoms with Gasteiger partial charge in [-0.25, -0.2) is 4.39 Å². The first-order valence-corrected chi connectivity index (χ1v) is 4.88. The smallest absolute Gasteiger partial charge is 0.286 e.